The zero-order valence-corrected chi connectivity index (χ0v) is 22.4. The summed E-state index contributed by atoms with van der Waals surface area (Å²) in [5.41, 5.74) is 3.07. The summed E-state index contributed by atoms with van der Waals surface area (Å²) in [5.74, 6) is 0.524. The number of aromatic nitrogens is 3. The average molecular weight is 515 g/mol. The number of aromatic amines is 1. The maximum atomic E-state index is 14.1. The Bertz CT molecular complexity index is 1760. The van der Waals surface area contributed by atoms with Gasteiger partial charge in [-0.15, -0.1) is 0 Å². The number of H-pyrrole nitrogens is 1. The van der Waals surface area contributed by atoms with Gasteiger partial charge in [-0.2, -0.15) is 5.26 Å². The van der Waals surface area contributed by atoms with Crippen LogP contribution in [0, 0.1) is 24.2 Å². The highest BCUT2D eigenvalue weighted by atomic mass is 32.2. The molecule has 2 heterocycles. The number of allylic oxidation sites excluding steroid dienone is 3. The average Bonchev–Trinajstić information content (AvgIpc) is 3.49. The maximum absolute atomic E-state index is 14.1. The van der Waals surface area contributed by atoms with E-state index in [0.29, 0.717) is 45.3 Å². The smallest absolute Gasteiger partial charge is 0.248 e. The fourth-order valence-electron chi connectivity index (χ4n) is 5.11. The number of nitriles is 1. The molecule has 2 atom stereocenters. The lowest BCUT2D eigenvalue weighted by molar-refractivity contribution is 0.0951. The van der Waals surface area contributed by atoms with Crippen molar-refractivity contribution < 1.29 is 13.5 Å². The third kappa shape index (κ3) is 3.81. The van der Waals surface area contributed by atoms with Gasteiger partial charge in [-0.1, -0.05) is 44.2 Å². The van der Waals surface area contributed by atoms with Crippen molar-refractivity contribution in [3.05, 3.63) is 88.9 Å². The number of nitrogens with one attached hydrogen (secondary N) is 1. The summed E-state index contributed by atoms with van der Waals surface area (Å²) < 4.78 is 28.4. The van der Waals surface area contributed by atoms with Gasteiger partial charge in [-0.3, -0.25) is 0 Å². The summed E-state index contributed by atoms with van der Waals surface area (Å²) in [6.07, 6.45) is 7.77. The molecular formula is C29H30N4O3S. The highest BCUT2D eigenvalue weighted by Crippen LogP contribution is 2.39. The van der Waals surface area contributed by atoms with Crippen molar-refractivity contribution in [2.24, 2.45) is 5.92 Å². The molecule has 0 amide bonds. The molecule has 1 aliphatic rings. The monoisotopic (exact) mass is 514 g/mol. The SMILES string of the molecule is Cc1ccc(C(C)(O)c2nc3ccc(C#N)cc3[nH]2)c2ccn(S(=O)(=O)C3(C)C=C(C(C)C)C=CC3)c12. The standard InChI is InChI=1S/C29H30N4O3S/c1-18(2)21-7-6-13-28(4,16-21)37(35,36)33-14-12-22-23(10-8-19(3)26(22)33)29(5,34)27-31-24-11-9-20(17-30)15-25(24)32-27/h6-12,14-16,18,34H,13H2,1-5H3,(H,31,32). The normalized spacial score (nSPS) is 19.8. The van der Waals surface area contributed by atoms with Gasteiger partial charge in [0.25, 0.3) is 0 Å². The van der Waals surface area contributed by atoms with Crippen molar-refractivity contribution >= 4 is 32.0 Å². The Hall–Kier alpha value is -3.67. The molecule has 4 aromatic rings. The molecule has 5 rings (SSSR count). The maximum Gasteiger partial charge on any atom is 0.248 e. The van der Waals surface area contributed by atoms with Crippen LogP contribution in [0.25, 0.3) is 21.9 Å². The molecule has 0 aliphatic heterocycles. The minimum Gasteiger partial charge on any atom is -0.377 e. The van der Waals surface area contributed by atoms with Crippen LogP contribution in [0.15, 0.2) is 66.4 Å². The quantitative estimate of drug-likeness (QED) is 0.369. The first-order chi connectivity index (χ1) is 17.4. The number of hydrogen-bond donors (Lipinski definition) is 2. The van der Waals surface area contributed by atoms with E-state index in [2.05, 4.69) is 29.9 Å². The molecule has 2 aromatic heterocycles. The molecule has 7 nitrogen and oxygen atoms in total. The first-order valence-electron chi connectivity index (χ1n) is 12.3. The number of aliphatic hydroxyl groups is 1. The number of nitrogens with zero attached hydrogens (tertiary/aromatic N) is 3. The highest BCUT2D eigenvalue weighted by Gasteiger charge is 2.41. The molecule has 0 saturated heterocycles. The second kappa shape index (κ2) is 8.44. The molecule has 0 radical (unpaired) electrons. The molecule has 0 spiro atoms. The largest absolute Gasteiger partial charge is 0.377 e. The molecule has 37 heavy (non-hydrogen) atoms. The summed E-state index contributed by atoms with van der Waals surface area (Å²) in [4.78, 5) is 7.72. The van der Waals surface area contributed by atoms with Crippen LogP contribution in [0.1, 0.15) is 56.6 Å². The zero-order chi connectivity index (χ0) is 26.8. The van der Waals surface area contributed by atoms with Gasteiger partial charge in [0, 0.05) is 17.1 Å². The second-order valence-corrected chi connectivity index (χ2v) is 12.8. The van der Waals surface area contributed by atoms with E-state index in [1.54, 1.807) is 44.3 Å². The van der Waals surface area contributed by atoms with Crippen molar-refractivity contribution in [2.45, 2.75) is 51.4 Å². The van der Waals surface area contributed by atoms with E-state index in [0.717, 1.165) is 11.1 Å². The fraction of sp³-hybridized carbons (Fsp3) is 0.310. The molecule has 8 heteroatoms. The van der Waals surface area contributed by atoms with Crippen LogP contribution in [-0.4, -0.2) is 32.2 Å². The molecule has 2 N–H and O–H groups in total. The zero-order valence-electron chi connectivity index (χ0n) is 21.6. The van der Waals surface area contributed by atoms with Crippen LogP contribution in [0.2, 0.25) is 0 Å². The predicted molar refractivity (Wildman–Crippen MR) is 146 cm³/mol. The fourth-order valence-corrected chi connectivity index (χ4v) is 6.85. The Labute approximate surface area is 216 Å². The Kier molecular flexibility index (Phi) is 5.70. The van der Waals surface area contributed by atoms with Gasteiger partial charge >= 0.3 is 0 Å². The Morgan fingerprint density at radius 3 is 2.70 bits per heavy atom. The number of imidazole rings is 1. The lowest BCUT2D eigenvalue weighted by Crippen LogP contribution is -2.38. The van der Waals surface area contributed by atoms with Crippen molar-refractivity contribution in [1.82, 2.24) is 13.9 Å². The van der Waals surface area contributed by atoms with E-state index in [1.165, 1.54) is 3.97 Å². The Balaban J connectivity index is 1.66. The van der Waals surface area contributed by atoms with Gasteiger partial charge < -0.3 is 10.1 Å². The van der Waals surface area contributed by atoms with Crippen molar-refractivity contribution in [3.8, 4) is 6.07 Å². The molecule has 190 valence electrons. The predicted octanol–water partition coefficient (Wildman–Crippen LogP) is 5.43. The Morgan fingerprint density at radius 2 is 2.00 bits per heavy atom. The van der Waals surface area contributed by atoms with Crippen LogP contribution in [-0.2, 0) is 15.6 Å². The summed E-state index contributed by atoms with van der Waals surface area (Å²) in [5, 5.41) is 21.6. The first-order valence-corrected chi connectivity index (χ1v) is 13.7. The van der Waals surface area contributed by atoms with Crippen molar-refractivity contribution in [2.75, 3.05) is 0 Å². The summed E-state index contributed by atoms with van der Waals surface area (Å²) in [6, 6.07) is 12.6. The van der Waals surface area contributed by atoms with Gasteiger partial charge in [0.1, 0.15) is 16.2 Å². The van der Waals surface area contributed by atoms with Crippen LogP contribution in [0.5, 0.6) is 0 Å². The van der Waals surface area contributed by atoms with Crippen LogP contribution in [0.3, 0.4) is 0 Å². The third-order valence-corrected chi connectivity index (χ3v) is 9.72. The van der Waals surface area contributed by atoms with E-state index < -0.39 is 20.4 Å². The number of fused-ring (bicyclic) bond motifs is 2. The van der Waals surface area contributed by atoms with E-state index in [1.807, 2.05) is 37.3 Å². The minimum absolute atomic E-state index is 0.212. The summed E-state index contributed by atoms with van der Waals surface area (Å²) >= 11 is 0. The summed E-state index contributed by atoms with van der Waals surface area (Å²) in [7, 11) is -3.84. The lowest BCUT2D eigenvalue weighted by atomic mass is 9.91. The summed E-state index contributed by atoms with van der Waals surface area (Å²) in [6.45, 7) is 9.38. The first kappa shape index (κ1) is 25.0. The number of benzene rings is 2. The highest BCUT2D eigenvalue weighted by molar-refractivity contribution is 7.91. The Morgan fingerprint density at radius 1 is 1.24 bits per heavy atom. The van der Waals surface area contributed by atoms with Gasteiger partial charge in [-0.25, -0.2) is 17.4 Å². The van der Waals surface area contributed by atoms with Gasteiger partial charge in [0.15, 0.2) is 0 Å². The van der Waals surface area contributed by atoms with Crippen molar-refractivity contribution in [1.29, 1.82) is 5.26 Å². The number of hydrogen-bond acceptors (Lipinski definition) is 5. The third-order valence-electron chi connectivity index (χ3n) is 7.43. The molecule has 0 bridgehead atoms. The number of rotatable bonds is 5. The van der Waals surface area contributed by atoms with Crippen molar-refractivity contribution in [3.63, 3.8) is 0 Å². The number of aryl methyl sites for hydroxylation is 1. The minimum atomic E-state index is -3.84. The van der Waals surface area contributed by atoms with Crippen LogP contribution >= 0.6 is 0 Å². The molecule has 0 saturated carbocycles. The van der Waals surface area contributed by atoms with Crippen LogP contribution in [0.4, 0.5) is 0 Å². The lowest BCUT2D eigenvalue weighted by Gasteiger charge is -2.30. The van der Waals surface area contributed by atoms with E-state index in [9.17, 15) is 18.8 Å². The van der Waals surface area contributed by atoms with Gasteiger partial charge in [-0.05, 0) is 68.5 Å². The van der Waals surface area contributed by atoms with E-state index >= 15 is 0 Å². The molecular weight excluding hydrogens is 484 g/mol. The molecule has 2 aromatic carbocycles. The second-order valence-electron chi connectivity index (χ2n) is 10.5. The molecule has 2 unspecified atom stereocenters. The van der Waals surface area contributed by atoms with E-state index in [4.69, 9.17) is 0 Å². The van der Waals surface area contributed by atoms with Crippen LogP contribution < -0.4 is 0 Å². The van der Waals surface area contributed by atoms with E-state index in [-0.39, 0.29) is 5.92 Å². The van der Waals surface area contributed by atoms with Gasteiger partial charge in [0.05, 0.1) is 28.2 Å². The molecule has 1 aliphatic carbocycles. The topological polar surface area (TPSA) is 112 Å². The molecule has 0 fully saturated rings. The van der Waals surface area contributed by atoms with Gasteiger partial charge in [0.2, 0.25) is 10.0 Å².